The van der Waals surface area contributed by atoms with Crippen LogP contribution in [-0.4, -0.2) is 29.2 Å². The number of nitro groups is 1. The maximum atomic E-state index is 13.0. The fraction of sp³-hybridized carbons (Fsp3) is 0.429. The zero-order valence-electron chi connectivity index (χ0n) is 13.0. The van der Waals surface area contributed by atoms with Gasteiger partial charge in [0, 0.05) is 22.7 Å². The van der Waals surface area contributed by atoms with Crippen molar-refractivity contribution >= 4 is 27.3 Å². The number of aromatic amines is 1. The van der Waals surface area contributed by atoms with E-state index in [0.29, 0.717) is 12.5 Å². The molecule has 0 aliphatic rings. The van der Waals surface area contributed by atoms with E-state index < -0.39 is 44.4 Å². The summed E-state index contributed by atoms with van der Waals surface area (Å²) in [6.07, 6.45) is -4.46. The first-order valence-electron chi connectivity index (χ1n) is 7.21. The van der Waals surface area contributed by atoms with E-state index in [1.165, 1.54) is 6.07 Å². The van der Waals surface area contributed by atoms with Gasteiger partial charge in [0.05, 0.1) is 10.7 Å². The molecule has 0 aliphatic carbocycles. The van der Waals surface area contributed by atoms with Crippen molar-refractivity contribution in [1.82, 2.24) is 4.98 Å². The highest BCUT2D eigenvalue weighted by Crippen LogP contribution is 2.39. The lowest BCUT2D eigenvalue weighted by Gasteiger charge is -2.24. The lowest BCUT2D eigenvalue weighted by molar-refractivity contribution is -0.387. The second kappa shape index (κ2) is 6.64. The smallest absolute Gasteiger partial charge is 0.383 e. The predicted molar refractivity (Wildman–Crippen MR) is 83.9 cm³/mol. The van der Waals surface area contributed by atoms with Gasteiger partial charge in [-0.15, -0.1) is 0 Å². The highest BCUT2D eigenvalue weighted by Gasteiger charge is 2.39. The van der Waals surface area contributed by atoms with E-state index in [1.807, 2.05) is 0 Å². The van der Waals surface area contributed by atoms with Gasteiger partial charge in [-0.2, -0.15) is 13.2 Å². The minimum absolute atomic E-state index is 0.00262. The summed E-state index contributed by atoms with van der Waals surface area (Å²) in [6, 6.07) is 2.57. The SMILES string of the molecule is CCCC(O)(C[SH](=O)=O)c1cc2cc([N+](=O)[O-])c(C(F)(F)F)cc2[nH]1. The number of H-pyrrole nitrogens is 1. The number of benzene rings is 1. The number of aliphatic hydroxyl groups is 1. The molecular weight excluding hydrogens is 365 g/mol. The molecule has 1 atom stereocenters. The second-order valence-electron chi connectivity index (χ2n) is 5.67. The topological polar surface area (TPSA) is 113 Å². The number of rotatable bonds is 6. The van der Waals surface area contributed by atoms with E-state index >= 15 is 0 Å². The lowest BCUT2D eigenvalue weighted by Crippen LogP contribution is -2.31. The first kappa shape index (κ1) is 19.2. The highest BCUT2D eigenvalue weighted by atomic mass is 32.2. The van der Waals surface area contributed by atoms with Crippen LogP contribution in [0.4, 0.5) is 18.9 Å². The molecule has 1 unspecified atom stereocenters. The molecule has 1 aromatic heterocycles. The van der Waals surface area contributed by atoms with Crippen molar-refractivity contribution < 1.29 is 31.6 Å². The second-order valence-corrected chi connectivity index (χ2v) is 6.65. The minimum atomic E-state index is -4.93. The number of hydrogen-bond donors (Lipinski definition) is 3. The average Bonchev–Trinajstić information content (AvgIpc) is 2.88. The van der Waals surface area contributed by atoms with Gasteiger partial charge in [-0.05, 0) is 18.6 Å². The van der Waals surface area contributed by atoms with Gasteiger partial charge >= 0.3 is 6.18 Å². The van der Waals surface area contributed by atoms with Crippen LogP contribution in [0.2, 0.25) is 0 Å². The Morgan fingerprint density at radius 1 is 1.28 bits per heavy atom. The number of fused-ring (bicyclic) bond motifs is 1. The Hall–Kier alpha value is -2.14. The molecule has 0 aliphatic heterocycles. The Kier molecular flexibility index (Phi) is 5.09. The number of nitrogens with zero attached hydrogens (tertiary/aromatic N) is 1. The molecule has 2 aromatic rings. The summed E-state index contributed by atoms with van der Waals surface area (Å²) in [5.41, 5.74) is -4.43. The third kappa shape index (κ3) is 3.93. The van der Waals surface area contributed by atoms with Crippen LogP contribution in [0.1, 0.15) is 31.0 Å². The molecule has 1 heterocycles. The largest absolute Gasteiger partial charge is 0.423 e. The molecule has 7 nitrogen and oxygen atoms in total. The van der Waals surface area contributed by atoms with Gasteiger partial charge in [0.1, 0.15) is 21.9 Å². The Bertz CT molecular complexity index is 882. The third-order valence-electron chi connectivity index (χ3n) is 3.79. The first-order valence-corrected chi connectivity index (χ1v) is 8.57. The molecular formula is C14H15F3N2O5S. The normalized spacial score (nSPS) is 14.8. The zero-order valence-corrected chi connectivity index (χ0v) is 13.9. The van der Waals surface area contributed by atoms with Gasteiger partial charge in [0.2, 0.25) is 0 Å². The van der Waals surface area contributed by atoms with E-state index in [4.69, 9.17) is 0 Å². The van der Waals surface area contributed by atoms with E-state index in [-0.39, 0.29) is 23.0 Å². The van der Waals surface area contributed by atoms with Gasteiger partial charge in [-0.3, -0.25) is 10.1 Å². The predicted octanol–water partition coefficient (Wildman–Crippen LogP) is 2.69. The quantitative estimate of drug-likeness (QED) is 0.405. The molecule has 0 saturated heterocycles. The van der Waals surface area contributed by atoms with Crippen molar-refractivity contribution in [2.24, 2.45) is 0 Å². The number of hydrogen-bond acceptors (Lipinski definition) is 5. The number of alkyl halides is 3. The monoisotopic (exact) mass is 380 g/mol. The van der Waals surface area contributed by atoms with Crippen molar-refractivity contribution in [2.75, 3.05) is 5.75 Å². The van der Waals surface area contributed by atoms with Crippen LogP contribution in [0, 0.1) is 10.1 Å². The number of thiol groups is 1. The molecule has 0 spiro atoms. The Morgan fingerprint density at radius 2 is 1.92 bits per heavy atom. The highest BCUT2D eigenvalue weighted by molar-refractivity contribution is 7.72. The van der Waals surface area contributed by atoms with Gasteiger partial charge in [-0.25, -0.2) is 8.42 Å². The Balaban J connectivity index is 2.68. The Labute approximate surface area is 141 Å². The average molecular weight is 380 g/mol. The van der Waals surface area contributed by atoms with Crippen molar-refractivity contribution in [1.29, 1.82) is 0 Å². The van der Waals surface area contributed by atoms with Gasteiger partial charge < -0.3 is 10.1 Å². The van der Waals surface area contributed by atoms with E-state index in [1.54, 1.807) is 6.92 Å². The molecule has 0 saturated carbocycles. The summed E-state index contributed by atoms with van der Waals surface area (Å²) >= 11 is 0. The molecule has 25 heavy (non-hydrogen) atoms. The number of halogens is 3. The summed E-state index contributed by atoms with van der Waals surface area (Å²) in [5, 5.41) is 21.6. The Morgan fingerprint density at radius 3 is 2.40 bits per heavy atom. The molecule has 0 radical (unpaired) electrons. The number of nitro benzene ring substituents is 1. The molecule has 11 heteroatoms. The van der Waals surface area contributed by atoms with Crippen LogP contribution in [-0.2, 0) is 22.5 Å². The molecule has 1 aromatic carbocycles. The van der Waals surface area contributed by atoms with Crippen LogP contribution in [0.5, 0.6) is 0 Å². The standard InChI is InChI=1S/C14H15F3N2O5S/c1-2-3-13(20,7-25(23)24)12-5-8-4-11(19(21)22)9(14(15,16)17)6-10(8)18-12/h4-6,18,20,25H,2-3,7H2,1H3. The van der Waals surface area contributed by atoms with E-state index in [9.17, 15) is 36.8 Å². The van der Waals surface area contributed by atoms with Crippen LogP contribution in [0.25, 0.3) is 10.9 Å². The first-order chi connectivity index (χ1) is 11.5. The number of nitrogens with one attached hydrogen (secondary N) is 1. The van der Waals surface area contributed by atoms with E-state index in [0.717, 1.165) is 6.07 Å². The van der Waals surface area contributed by atoms with Crippen LogP contribution >= 0.6 is 0 Å². The summed E-state index contributed by atoms with van der Waals surface area (Å²) < 4.78 is 61.1. The summed E-state index contributed by atoms with van der Waals surface area (Å²) in [4.78, 5) is 12.4. The van der Waals surface area contributed by atoms with Crippen LogP contribution < -0.4 is 0 Å². The summed E-state index contributed by atoms with van der Waals surface area (Å²) in [5.74, 6) is -0.614. The van der Waals surface area contributed by atoms with Crippen molar-refractivity contribution in [2.45, 2.75) is 31.5 Å². The van der Waals surface area contributed by atoms with Gasteiger partial charge in [0.25, 0.3) is 5.69 Å². The molecule has 0 bridgehead atoms. The van der Waals surface area contributed by atoms with Gasteiger partial charge in [0.15, 0.2) is 0 Å². The number of aromatic nitrogens is 1. The zero-order chi connectivity index (χ0) is 19.0. The molecule has 0 fully saturated rings. The fourth-order valence-electron chi connectivity index (χ4n) is 2.72. The molecule has 2 rings (SSSR count). The summed E-state index contributed by atoms with van der Waals surface area (Å²) in [7, 11) is -2.95. The molecule has 2 N–H and O–H groups in total. The minimum Gasteiger partial charge on any atom is -0.383 e. The van der Waals surface area contributed by atoms with E-state index in [2.05, 4.69) is 4.98 Å². The third-order valence-corrected chi connectivity index (χ3v) is 4.58. The fourth-order valence-corrected chi connectivity index (χ4v) is 3.48. The van der Waals surface area contributed by atoms with Crippen molar-refractivity contribution in [3.63, 3.8) is 0 Å². The maximum Gasteiger partial charge on any atom is 0.423 e. The molecule has 0 amide bonds. The van der Waals surface area contributed by atoms with Gasteiger partial charge in [-0.1, -0.05) is 13.3 Å². The van der Waals surface area contributed by atoms with Crippen molar-refractivity contribution in [3.05, 3.63) is 39.6 Å². The molecule has 138 valence electrons. The lowest BCUT2D eigenvalue weighted by atomic mass is 9.96. The maximum absolute atomic E-state index is 13.0. The van der Waals surface area contributed by atoms with Crippen LogP contribution in [0.3, 0.4) is 0 Å². The van der Waals surface area contributed by atoms with Crippen molar-refractivity contribution in [3.8, 4) is 0 Å². The van der Waals surface area contributed by atoms with Crippen LogP contribution in [0.15, 0.2) is 18.2 Å². The summed E-state index contributed by atoms with van der Waals surface area (Å²) in [6.45, 7) is 1.71.